The number of hydrogen-bond acceptors (Lipinski definition) is 5. The molecule has 0 amide bonds. The highest BCUT2D eigenvalue weighted by molar-refractivity contribution is 5.94. The van der Waals surface area contributed by atoms with Crippen molar-refractivity contribution in [1.29, 1.82) is 5.26 Å². The predicted octanol–water partition coefficient (Wildman–Crippen LogP) is 11.9. The minimum atomic E-state index is 0.133. The third-order valence-electron chi connectivity index (χ3n) is 5.99. The third-order valence-corrected chi connectivity index (χ3v) is 5.99. The fourth-order valence-corrected chi connectivity index (χ4v) is 2.67. The van der Waals surface area contributed by atoms with Gasteiger partial charge >= 0.3 is 0 Å². The minimum absolute atomic E-state index is 0.133. The Balaban J connectivity index is -0.000000168. The Bertz CT molecular complexity index is 916. The first-order chi connectivity index (χ1) is 20.1. The fraction of sp³-hybridized carbons (Fsp3) is 0.658. The molecule has 5 heteroatoms. The Labute approximate surface area is 268 Å². The second-order valence-corrected chi connectivity index (χ2v) is 11.0. The lowest BCUT2D eigenvalue weighted by atomic mass is 9.94. The summed E-state index contributed by atoms with van der Waals surface area (Å²) < 4.78 is 9.82. The lowest BCUT2D eigenvalue weighted by Crippen LogP contribution is -2.06. The Hall–Kier alpha value is -2.71. The average molecular weight is 603 g/mol. The molecular weight excluding hydrogens is 532 g/mol. The minimum Gasteiger partial charge on any atom is -0.481 e. The average Bonchev–Trinajstić information content (AvgIpc) is 2.96. The number of unbranched alkanes of at least 4 members (excludes halogenated alkanes) is 1. The summed E-state index contributed by atoms with van der Waals surface area (Å²) in [6.07, 6.45) is 7.60. The van der Waals surface area contributed by atoms with Crippen LogP contribution in [0.4, 0.5) is 0 Å². The topological polar surface area (TPSA) is 71.7 Å². The molecule has 0 spiro atoms. The van der Waals surface area contributed by atoms with Crippen molar-refractivity contribution in [3.8, 4) is 6.07 Å². The van der Waals surface area contributed by atoms with Gasteiger partial charge in [-0.3, -0.25) is 4.79 Å². The molecule has 0 aliphatic rings. The van der Waals surface area contributed by atoms with E-state index in [1.54, 1.807) is 28.1 Å². The second-order valence-electron chi connectivity index (χ2n) is 11.0. The van der Waals surface area contributed by atoms with E-state index in [1.807, 2.05) is 66.7 Å². The van der Waals surface area contributed by atoms with Crippen molar-refractivity contribution >= 4 is 11.7 Å². The molecule has 0 heterocycles. The summed E-state index contributed by atoms with van der Waals surface area (Å²) in [7, 11) is 3.25. The van der Waals surface area contributed by atoms with Crippen molar-refractivity contribution in [2.45, 2.75) is 136 Å². The maximum Gasteiger partial charge on any atom is 0.184 e. The molecule has 0 N–H and O–H groups in total. The normalized spacial score (nSPS) is 11.2. The van der Waals surface area contributed by atoms with Gasteiger partial charge in [0.1, 0.15) is 6.07 Å². The molecule has 5 nitrogen and oxygen atoms in total. The van der Waals surface area contributed by atoms with Crippen LogP contribution in [0.15, 0.2) is 47.1 Å². The zero-order valence-corrected chi connectivity index (χ0v) is 31.5. The number of methoxy groups -OCH3 is 1. The van der Waals surface area contributed by atoms with E-state index < -0.39 is 0 Å². The number of carbonyl (C=O) groups excluding carboxylic acids is 1. The number of ketones is 1. The molecule has 1 aromatic carbocycles. The molecule has 0 bridgehead atoms. The van der Waals surface area contributed by atoms with Crippen LogP contribution in [-0.2, 0) is 9.47 Å². The zero-order valence-electron chi connectivity index (χ0n) is 31.5. The predicted molar refractivity (Wildman–Crippen MR) is 192 cm³/mol. The Kier molecular flexibility index (Phi) is 39.2. The summed E-state index contributed by atoms with van der Waals surface area (Å²) in [5.74, 6) is 1.43. The van der Waals surface area contributed by atoms with Crippen LogP contribution >= 0.6 is 0 Å². The van der Waals surface area contributed by atoms with Gasteiger partial charge in [0.15, 0.2) is 11.7 Å². The number of Topliss-reactive ketones (excluding diaryl/α,β-unsaturated/α-hetero) is 1. The molecule has 0 aliphatic carbocycles. The van der Waals surface area contributed by atoms with Gasteiger partial charge in [-0.15, -0.1) is 0 Å². The van der Waals surface area contributed by atoms with Gasteiger partial charge in [-0.25, -0.2) is 4.99 Å². The van der Waals surface area contributed by atoms with E-state index >= 15 is 0 Å². The van der Waals surface area contributed by atoms with Crippen molar-refractivity contribution in [1.82, 2.24) is 0 Å². The molecule has 1 atom stereocenters. The van der Waals surface area contributed by atoms with Gasteiger partial charge in [-0.2, -0.15) is 5.26 Å². The SMILES string of the molecule is C=C/C(C#N)=C(/C)N=C(C)OCCC(C)CCCC.CC.CC.CC(=O)c1ccc(C)c(C)c1.CCC(C)(C)C.COC. The number of nitrogens with zero attached hydrogens (tertiary/aromatic N) is 2. The summed E-state index contributed by atoms with van der Waals surface area (Å²) in [5, 5.41) is 8.85. The van der Waals surface area contributed by atoms with Crippen molar-refractivity contribution in [3.63, 3.8) is 0 Å². The Morgan fingerprint density at radius 2 is 1.51 bits per heavy atom. The van der Waals surface area contributed by atoms with E-state index in [1.165, 1.54) is 42.9 Å². The van der Waals surface area contributed by atoms with Gasteiger partial charge in [-0.05, 0) is 68.7 Å². The summed E-state index contributed by atoms with van der Waals surface area (Å²) >= 11 is 0. The number of aryl methyl sites for hydroxylation is 2. The monoisotopic (exact) mass is 603 g/mol. The number of ether oxygens (including phenoxy) is 2. The number of allylic oxidation sites excluding steroid dienone is 3. The molecule has 43 heavy (non-hydrogen) atoms. The molecule has 0 radical (unpaired) electrons. The Morgan fingerprint density at radius 1 is 1.02 bits per heavy atom. The summed E-state index contributed by atoms with van der Waals surface area (Å²) in [4.78, 5) is 15.2. The highest BCUT2D eigenvalue weighted by atomic mass is 16.5. The van der Waals surface area contributed by atoms with Gasteiger partial charge in [0, 0.05) is 26.7 Å². The van der Waals surface area contributed by atoms with Crippen molar-refractivity contribution in [2.75, 3.05) is 20.8 Å². The van der Waals surface area contributed by atoms with Crippen LogP contribution in [0.25, 0.3) is 0 Å². The van der Waals surface area contributed by atoms with Crippen LogP contribution in [0.5, 0.6) is 0 Å². The quantitative estimate of drug-likeness (QED) is 0.0926. The first kappa shape index (κ1) is 49.9. The van der Waals surface area contributed by atoms with Gasteiger partial charge in [-0.1, -0.05) is 114 Å². The lowest BCUT2D eigenvalue weighted by Gasteiger charge is -2.12. The van der Waals surface area contributed by atoms with Crippen molar-refractivity contribution in [3.05, 3.63) is 58.8 Å². The summed E-state index contributed by atoms with van der Waals surface area (Å²) in [6, 6.07) is 7.83. The first-order valence-electron chi connectivity index (χ1n) is 16.0. The first-order valence-corrected chi connectivity index (χ1v) is 16.0. The van der Waals surface area contributed by atoms with Crippen molar-refractivity contribution < 1.29 is 14.3 Å². The highest BCUT2D eigenvalue weighted by Gasteiger charge is 2.04. The van der Waals surface area contributed by atoms with E-state index in [-0.39, 0.29) is 5.78 Å². The number of aliphatic imine (C=N–C) groups is 1. The molecule has 0 saturated heterocycles. The van der Waals surface area contributed by atoms with Crippen LogP contribution in [0, 0.1) is 36.5 Å². The van der Waals surface area contributed by atoms with E-state index in [0.717, 1.165) is 12.0 Å². The molecule has 0 aliphatic heterocycles. The zero-order chi connectivity index (χ0) is 35.0. The van der Waals surface area contributed by atoms with E-state index in [9.17, 15) is 4.79 Å². The van der Waals surface area contributed by atoms with Crippen LogP contribution in [0.1, 0.15) is 144 Å². The molecule has 0 aromatic heterocycles. The third kappa shape index (κ3) is 35.4. The number of carbonyl (C=O) groups is 1. The number of nitriles is 1. The van der Waals surface area contributed by atoms with Crippen molar-refractivity contribution in [2.24, 2.45) is 16.3 Å². The molecule has 0 saturated carbocycles. The largest absolute Gasteiger partial charge is 0.481 e. The molecule has 1 aromatic rings. The number of rotatable bonds is 9. The summed E-state index contributed by atoms with van der Waals surface area (Å²) in [6.45, 7) is 34.9. The van der Waals surface area contributed by atoms with Crippen LogP contribution in [0.2, 0.25) is 0 Å². The van der Waals surface area contributed by atoms with Crippen LogP contribution < -0.4 is 0 Å². The molecule has 1 unspecified atom stereocenters. The van der Waals surface area contributed by atoms with E-state index in [2.05, 4.69) is 63.9 Å². The van der Waals surface area contributed by atoms with E-state index in [0.29, 0.717) is 35.1 Å². The highest BCUT2D eigenvalue weighted by Crippen LogP contribution is 2.16. The molecule has 250 valence electrons. The van der Waals surface area contributed by atoms with Crippen LogP contribution in [0.3, 0.4) is 0 Å². The smallest absolute Gasteiger partial charge is 0.184 e. The molecular formula is C38H70N2O3. The van der Waals surface area contributed by atoms with Gasteiger partial charge in [0.2, 0.25) is 0 Å². The van der Waals surface area contributed by atoms with Gasteiger partial charge < -0.3 is 9.47 Å². The summed E-state index contributed by atoms with van der Waals surface area (Å²) in [5.41, 5.74) is 4.88. The number of hydrogen-bond donors (Lipinski definition) is 0. The maximum absolute atomic E-state index is 10.9. The fourth-order valence-electron chi connectivity index (χ4n) is 2.67. The standard InChI is InChI=1S/C16H26N2O.C10H12O.C6H14.C2H6O.2C2H6/c1-6-8-9-13(3)10-11-19-15(5)18-14(4)16(7-2)12-17;1-7-4-5-10(9(3)11)6-8(7)2;1-5-6(2,3)4;1-3-2;2*1-2/h7,13H,2,6,8-11H2,1,3-5H3;4-6H,1-3H3;5H2,1-4H3;1-2H3;2*1-2H3/b16-14+,18-15?;;;;;. The van der Waals surface area contributed by atoms with Gasteiger partial charge in [0.25, 0.3) is 0 Å². The van der Waals surface area contributed by atoms with Gasteiger partial charge in [0.05, 0.1) is 17.9 Å². The molecule has 0 fully saturated rings. The van der Waals surface area contributed by atoms with E-state index in [4.69, 9.17) is 10.00 Å². The van der Waals surface area contributed by atoms with Crippen LogP contribution in [-0.4, -0.2) is 32.5 Å². The number of benzene rings is 1. The second kappa shape index (κ2) is 33.8. The molecule has 1 rings (SSSR count). The Morgan fingerprint density at radius 3 is 1.86 bits per heavy atom. The maximum atomic E-state index is 10.9. The lowest BCUT2D eigenvalue weighted by molar-refractivity contribution is 0.101.